The first-order valence-electron chi connectivity index (χ1n) is 24.1. The molecule has 0 bridgehead atoms. The molecule has 0 unspecified atom stereocenters. The second-order valence-electron chi connectivity index (χ2n) is 18.0. The van der Waals surface area contributed by atoms with E-state index in [1.165, 1.54) is 159 Å². The van der Waals surface area contributed by atoms with Crippen LogP contribution in [0.5, 0.6) is 0 Å². The van der Waals surface area contributed by atoms with Gasteiger partial charge in [0.1, 0.15) is 26.2 Å². The molecule has 62 heavy (non-hydrogen) atoms. The molecule has 326 valence electrons. The van der Waals surface area contributed by atoms with Crippen molar-refractivity contribution < 1.29 is 18.3 Å². The molecule has 0 aliphatic rings. The monoisotopic (exact) mass is 833 g/mol. The summed E-state index contributed by atoms with van der Waals surface area (Å²) >= 11 is 0. The normalized spacial score (nSPS) is 11.4. The van der Waals surface area contributed by atoms with Crippen molar-refractivity contribution in [2.45, 2.75) is 170 Å². The van der Waals surface area contributed by atoms with E-state index in [-0.39, 0.29) is 0 Å². The van der Waals surface area contributed by atoms with Crippen molar-refractivity contribution in [2.75, 3.05) is 0 Å². The maximum atomic E-state index is 4.34. The molecule has 6 nitrogen and oxygen atoms in total. The molecule has 6 aromatic rings. The molecule has 0 atom stereocenters. The Morgan fingerprint density at radius 1 is 0.290 bits per heavy atom. The number of hydrogen-bond acceptors (Lipinski definition) is 2. The minimum absolute atomic E-state index is 1.06. The average Bonchev–Trinajstić information content (AvgIpc) is 3.26. The Bertz CT molecular complexity index is 2150. The van der Waals surface area contributed by atoms with Gasteiger partial charge in [0.05, 0.1) is 0 Å². The van der Waals surface area contributed by atoms with Gasteiger partial charge in [0.25, 0.3) is 0 Å². The topological polar surface area (TPSA) is 41.3 Å². The fourth-order valence-electron chi connectivity index (χ4n) is 9.00. The molecule has 0 fully saturated rings. The van der Waals surface area contributed by atoms with Crippen molar-refractivity contribution in [2.24, 2.45) is 0 Å². The second-order valence-corrected chi connectivity index (χ2v) is 18.0. The largest absolute Gasteiger partial charge is 0.262 e. The molecule has 0 radical (unpaired) electrons. The van der Waals surface area contributed by atoms with Crippen LogP contribution in [-0.2, 0) is 26.2 Å². The number of aromatic nitrogens is 6. The van der Waals surface area contributed by atoms with Crippen LogP contribution in [0, 0.1) is 41.5 Å². The van der Waals surface area contributed by atoms with Crippen LogP contribution < -0.4 is 18.3 Å². The third-order valence-corrected chi connectivity index (χ3v) is 12.9. The number of aryl methyl sites for hydroxylation is 10. The molecule has 6 aromatic heterocycles. The summed E-state index contributed by atoms with van der Waals surface area (Å²) in [6, 6.07) is 27.0. The predicted molar refractivity (Wildman–Crippen MR) is 254 cm³/mol. The minimum Gasteiger partial charge on any atom is -0.262 e. The van der Waals surface area contributed by atoms with E-state index in [0.717, 1.165) is 37.6 Å². The summed E-state index contributed by atoms with van der Waals surface area (Å²) in [5, 5.41) is 0. The van der Waals surface area contributed by atoms with Gasteiger partial charge in [-0.25, -0.2) is 18.3 Å². The molecule has 0 aromatic carbocycles. The van der Waals surface area contributed by atoms with Crippen LogP contribution >= 0.6 is 0 Å². The number of nitrogens with zero attached hydrogens (tertiary/aromatic N) is 6. The summed E-state index contributed by atoms with van der Waals surface area (Å²) in [5.41, 5.74) is 15.2. The summed E-state index contributed by atoms with van der Waals surface area (Å²) in [5.74, 6) is 0. The maximum absolute atomic E-state index is 4.34. The molecular formula is C56H76N6+4. The van der Waals surface area contributed by atoms with Crippen molar-refractivity contribution in [1.29, 1.82) is 0 Å². The Hall–Kier alpha value is -5.10. The Kier molecular flexibility index (Phi) is 18.3. The summed E-state index contributed by atoms with van der Waals surface area (Å²) in [7, 11) is 0. The third kappa shape index (κ3) is 14.5. The van der Waals surface area contributed by atoms with E-state index in [1.54, 1.807) is 0 Å². The van der Waals surface area contributed by atoms with E-state index < -0.39 is 0 Å². The Morgan fingerprint density at radius 3 is 0.742 bits per heavy atom. The van der Waals surface area contributed by atoms with Crippen molar-refractivity contribution in [3.8, 4) is 33.4 Å². The minimum atomic E-state index is 1.06. The fraction of sp³-hybridized carbons (Fsp3) is 0.464. The maximum Gasteiger partial charge on any atom is 0.178 e. The number of unbranched alkanes of at least 4 members (excludes halogenated alkanes) is 14. The van der Waals surface area contributed by atoms with E-state index >= 15 is 0 Å². The highest BCUT2D eigenvalue weighted by Gasteiger charge is 2.14. The number of hydrogen-bond donors (Lipinski definition) is 0. The van der Waals surface area contributed by atoms with Gasteiger partial charge in [-0.05, 0) is 97.2 Å². The van der Waals surface area contributed by atoms with E-state index in [1.807, 2.05) is 12.4 Å². The lowest BCUT2D eigenvalue weighted by atomic mass is 10.1. The molecule has 0 saturated carbocycles. The quantitative estimate of drug-likeness (QED) is 0.0426. The summed E-state index contributed by atoms with van der Waals surface area (Å²) in [6.45, 7) is 17.5. The number of pyridine rings is 6. The van der Waals surface area contributed by atoms with Gasteiger partial charge < -0.3 is 0 Å². The molecule has 6 rings (SSSR count). The van der Waals surface area contributed by atoms with Crippen LogP contribution in [0.25, 0.3) is 33.4 Å². The third-order valence-electron chi connectivity index (χ3n) is 12.9. The summed E-state index contributed by atoms with van der Waals surface area (Å²) in [4.78, 5) is 8.68. The zero-order valence-corrected chi connectivity index (χ0v) is 39.2. The van der Waals surface area contributed by atoms with Crippen LogP contribution in [0.4, 0.5) is 0 Å². The van der Waals surface area contributed by atoms with Gasteiger partial charge in [0.2, 0.25) is 0 Å². The van der Waals surface area contributed by atoms with Crippen molar-refractivity contribution in [3.63, 3.8) is 0 Å². The van der Waals surface area contributed by atoms with Crippen molar-refractivity contribution in [3.05, 3.63) is 144 Å². The van der Waals surface area contributed by atoms with Crippen molar-refractivity contribution in [1.82, 2.24) is 9.97 Å². The van der Waals surface area contributed by atoms with Crippen LogP contribution in [-0.4, -0.2) is 9.97 Å². The fourth-order valence-corrected chi connectivity index (χ4v) is 9.00. The van der Waals surface area contributed by atoms with Crippen LogP contribution in [0.3, 0.4) is 0 Å². The van der Waals surface area contributed by atoms with E-state index in [0.29, 0.717) is 0 Å². The van der Waals surface area contributed by atoms with Crippen molar-refractivity contribution >= 4 is 0 Å². The lowest BCUT2D eigenvalue weighted by molar-refractivity contribution is -0.703. The highest BCUT2D eigenvalue weighted by molar-refractivity contribution is 5.64. The molecule has 0 aliphatic heterocycles. The Balaban J connectivity index is 0.782. The van der Waals surface area contributed by atoms with E-state index in [9.17, 15) is 0 Å². The van der Waals surface area contributed by atoms with Gasteiger partial charge in [0, 0.05) is 126 Å². The first kappa shape index (κ1) is 46.4. The Labute approximate surface area is 374 Å². The van der Waals surface area contributed by atoms with Gasteiger partial charge in [-0.2, -0.15) is 0 Å². The molecule has 0 spiro atoms. The standard InChI is InChI=1S/C56H76N6/c1-45-39-51(23-29-57-45)53-25-35-59(47(3)41-53)31-19-15-11-7-9-13-17-21-33-61-37-27-55(43-49(61)5)56-28-38-62(50(6)44-56)34-22-18-14-10-8-12-16-20-32-60-36-26-54(42-48(60)4)52-24-30-58-46(2)40-52/h23-30,35-44H,7-22,31-34H2,1-6H3/q+4. The zero-order chi connectivity index (χ0) is 43.5. The van der Waals surface area contributed by atoms with Gasteiger partial charge in [-0.1, -0.05) is 51.4 Å². The molecule has 6 heterocycles. The smallest absolute Gasteiger partial charge is 0.178 e. The zero-order valence-electron chi connectivity index (χ0n) is 39.2. The second kappa shape index (κ2) is 24.5. The lowest BCUT2D eigenvalue weighted by Gasteiger charge is -2.07. The van der Waals surface area contributed by atoms with Gasteiger partial charge >= 0.3 is 0 Å². The van der Waals surface area contributed by atoms with Gasteiger partial charge in [-0.15, -0.1) is 0 Å². The number of rotatable bonds is 25. The van der Waals surface area contributed by atoms with Crippen LogP contribution in [0.1, 0.15) is 137 Å². The average molecular weight is 833 g/mol. The highest BCUT2D eigenvalue weighted by Crippen LogP contribution is 2.22. The molecule has 6 heteroatoms. The van der Waals surface area contributed by atoms with E-state index in [4.69, 9.17) is 0 Å². The SMILES string of the molecule is Cc1cc(-c2cc[n+](CCCCCCCCCC[n+]3ccc(-c4cc[n+](CCCCCCCCCC[n+]5ccc(-c6ccnc(C)c6)cc5C)c(C)c4)cc3C)c(C)c2)ccn1. The lowest BCUT2D eigenvalue weighted by Crippen LogP contribution is -2.37. The first-order valence-corrected chi connectivity index (χ1v) is 24.1. The predicted octanol–water partition coefficient (Wildman–Crippen LogP) is 12.1. The molecular weight excluding hydrogens is 757 g/mol. The molecule has 0 saturated heterocycles. The van der Waals surface area contributed by atoms with E-state index in [2.05, 4.69) is 167 Å². The molecule has 0 aliphatic carbocycles. The summed E-state index contributed by atoms with van der Waals surface area (Å²) < 4.78 is 9.68. The van der Waals surface area contributed by atoms with Gasteiger partial charge in [0.15, 0.2) is 47.6 Å². The highest BCUT2D eigenvalue weighted by atomic mass is 15.0. The molecule has 0 amide bonds. The Morgan fingerprint density at radius 2 is 0.516 bits per heavy atom. The summed E-state index contributed by atoms with van der Waals surface area (Å²) in [6.07, 6.45) is 34.0. The van der Waals surface area contributed by atoms with Gasteiger partial charge in [-0.3, -0.25) is 9.97 Å². The van der Waals surface area contributed by atoms with Crippen LogP contribution in [0.15, 0.2) is 110 Å². The first-order chi connectivity index (χ1) is 30.2. The molecule has 0 N–H and O–H groups in total. The van der Waals surface area contributed by atoms with Crippen LogP contribution in [0.2, 0.25) is 0 Å².